The van der Waals surface area contributed by atoms with Gasteiger partial charge in [-0.05, 0) is 0 Å². The average Bonchev–Trinajstić information content (AvgIpc) is 2.50. The molecule has 0 spiro atoms. The van der Waals surface area contributed by atoms with E-state index in [9.17, 15) is 22.4 Å². The molecule has 0 amide bonds. The fourth-order valence-electron chi connectivity index (χ4n) is 3.39. The van der Waals surface area contributed by atoms with Crippen molar-refractivity contribution in [2.75, 3.05) is 0 Å². The summed E-state index contributed by atoms with van der Waals surface area (Å²) in [4.78, 5) is 11.3. The summed E-state index contributed by atoms with van der Waals surface area (Å²) < 4.78 is 60.6. The molecular formula is C14H9BrF4HgO2. The number of carbonyl (C=O) groups excluding carboxylic acids is 1. The summed E-state index contributed by atoms with van der Waals surface area (Å²) >= 11 is 1.74. The maximum absolute atomic E-state index is 14.2. The molecule has 0 unspecified atom stereocenters. The number of benzene rings is 1. The first-order chi connectivity index (χ1) is 10.4. The van der Waals surface area contributed by atoms with E-state index < -0.39 is 69.3 Å². The molecule has 1 aromatic rings. The molecule has 3 aliphatic rings. The van der Waals surface area contributed by atoms with Crippen LogP contribution in [0, 0.1) is 23.3 Å². The number of ether oxygens (including phenoxy) is 1. The van der Waals surface area contributed by atoms with Crippen LogP contribution in [0.25, 0.3) is 0 Å². The molecule has 2 nitrogen and oxygen atoms in total. The molecule has 0 saturated carbocycles. The van der Waals surface area contributed by atoms with E-state index >= 15 is 0 Å². The minimum absolute atomic E-state index is 0.128. The zero-order valence-electron chi connectivity index (χ0n) is 11.4. The molecule has 2 bridgehead atoms. The second-order valence-electron chi connectivity index (χ2n) is 5.41. The van der Waals surface area contributed by atoms with Crippen LogP contribution in [-0.2, 0) is 31.7 Å². The van der Waals surface area contributed by atoms with Gasteiger partial charge in [-0.3, -0.25) is 0 Å². The van der Waals surface area contributed by atoms with Crippen LogP contribution in [0.3, 0.4) is 0 Å². The summed E-state index contributed by atoms with van der Waals surface area (Å²) in [6.07, 6.45) is 2.62. The maximum atomic E-state index is 14.2. The van der Waals surface area contributed by atoms with E-state index in [1.807, 2.05) is 0 Å². The monoisotopic (exact) mass is 566 g/mol. The van der Waals surface area contributed by atoms with Crippen LogP contribution < -0.4 is 0 Å². The molecule has 114 valence electrons. The standard InChI is InChI=1S/C14H9F4O2.BrH.Hg/c1-5(19)20-8-4-6-2-3-7(8)10-9(6)11(15)13(17)14(18)12(10)16;;/h2-4,6-8H,1H3;1H;/q;;+1/p-1/t6-,7+,8-;;/m0../s1. The Morgan fingerprint density at radius 1 is 1.05 bits per heavy atom. The van der Waals surface area contributed by atoms with Crippen molar-refractivity contribution in [2.45, 2.75) is 28.3 Å². The Kier molecular flexibility index (Phi) is 4.40. The number of allylic oxidation sites excluding steroid dienone is 1. The second-order valence-corrected chi connectivity index (χ2v) is 16.0. The number of fused-ring (bicyclic) bond motifs is 1. The molecule has 0 heterocycles. The van der Waals surface area contributed by atoms with Gasteiger partial charge in [0.2, 0.25) is 0 Å². The summed E-state index contributed by atoms with van der Waals surface area (Å²) in [5, 5.41) is 0. The van der Waals surface area contributed by atoms with Crippen LogP contribution in [0.5, 0.6) is 0 Å². The van der Waals surface area contributed by atoms with Gasteiger partial charge in [-0.25, -0.2) is 0 Å². The van der Waals surface area contributed by atoms with Crippen LogP contribution in [0.4, 0.5) is 17.6 Å². The molecule has 0 saturated heterocycles. The Morgan fingerprint density at radius 3 is 2.05 bits per heavy atom. The molecule has 0 fully saturated rings. The SMILES string of the molecule is CC(=O)O[C@H]1[C@@H]([Hg][Br])[C@@H]2C=C[C@H]1c1c(F)c(F)c(F)c(F)c12. The van der Waals surface area contributed by atoms with Crippen molar-refractivity contribution in [1.82, 2.24) is 0 Å². The predicted molar refractivity (Wildman–Crippen MR) is 69.1 cm³/mol. The first-order valence-corrected chi connectivity index (χ1v) is 21.7. The van der Waals surface area contributed by atoms with Gasteiger partial charge in [0.1, 0.15) is 0 Å². The first-order valence-electron chi connectivity index (χ1n) is 6.65. The van der Waals surface area contributed by atoms with Gasteiger partial charge in [-0.15, -0.1) is 0 Å². The summed E-state index contributed by atoms with van der Waals surface area (Å²) in [6, 6.07) is 0. The molecule has 8 heteroatoms. The van der Waals surface area contributed by atoms with Gasteiger partial charge in [-0.1, -0.05) is 0 Å². The van der Waals surface area contributed by atoms with E-state index in [-0.39, 0.29) is 14.6 Å². The normalized spacial score (nSPS) is 28.3. The van der Waals surface area contributed by atoms with Crippen LogP contribution in [0.15, 0.2) is 12.2 Å². The van der Waals surface area contributed by atoms with Gasteiger partial charge in [0.25, 0.3) is 0 Å². The molecular weight excluding hydrogens is 557 g/mol. The summed E-state index contributed by atoms with van der Waals surface area (Å²) in [7, 11) is 0. The van der Waals surface area contributed by atoms with Gasteiger partial charge in [0.15, 0.2) is 0 Å². The topological polar surface area (TPSA) is 26.3 Å². The molecule has 1 aromatic carbocycles. The summed E-state index contributed by atoms with van der Waals surface area (Å²) in [6.45, 7) is 1.23. The average molecular weight is 566 g/mol. The van der Waals surface area contributed by atoms with E-state index in [1.54, 1.807) is 12.2 Å². The third-order valence-electron chi connectivity index (χ3n) is 4.25. The number of hydrogen-bond acceptors (Lipinski definition) is 2. The number of esters is 1. The Balaban J connectivity index is 2.23. The van der Waals surface area contributed by atoms with Gasteiger partial charge in [0.05, 0.1) is 0 Å². The predicted octanol–water partition coefficient (Wildman–Crippen LogP) is 4.11. The zero-order valence-corrected chi connectivity index (χ0v) is 18.5. The third kappa shape index (κ3) is 2.26. The molecule has 22 heavy (non-hydrogen) atoms. The van der Waals surface area contributed by atoms with Crippen LogP contribution in [-0.4, -0.2) is 12.1 Å². The van der Waals surface area contributed by atoms with Crippen molar-refractivity contribution in [3.05, 3.63) is 46.5 Å². The Hall–Kier alpha value is -0.435. The number of rotatable bonds is 2. The van der Waals surface area contributed by atoms with Crippen molar-refractivity contribution < 1.29 is 49.2 Å². The van der Waals surface area contributed by atoms with E-state index in [1.165, 1.54) is 6.92 Å². The van der Waals surface area contributed by atoms with Gasteiger partial charge in [0, 0.05) is 0 Å². The second kappa shape index (κ2) is 5.89. The van der Waals surface area contributed by atoms with Gasteiger partial charge >= 0.3 is 142 Å². The number of hydrogen-bond donors (Lipinski definition) is 0. The van der Waals surface area contributed by atoms with E-state index in [2.05, 4.69) is 11.9 Å². The summed E-state index contributed by atoms with van der Waals surface area (Å²) in [5.41, 5.74) is -0.350. The van der Waals surface area contributed by atoms with Crippen molar-refractivity contribution in [3.63, 3.8) is 0 Å². The molecule has 4 atom stereocenters. The quantitative estimate of drug-likeness (QED) is 0.135. The first kappa shape index (κ1) is 16.4. The van der Waals surface area contributed by atoms with E-state index in [0.717, 1.165) is 0 Å². The number of halogens is 5. The van der Waals surface area contributed by atoms with Crippen molar-refractivity contribution in [1.29, 1.82) is 0 Å². The van der Waals surface area contributed by atoms with Gasteiger partial charge < -0.3 is 0 Å². The fraction of sp³-hybridized carbons (Fsp3) is 0.357. The van der Waals surface area contributed by atoms with Crippen molar-refractivity contribution in [2.24, 2.45) is 0 Å². The molecule has 0 radical (unpaired) electrons. The Labute approximate surface area is 141 Å². The van der Waals surface area contributed by atoms with Crippen molar-refractivity contribution >= 4 is 17.9 Å². The third-order valence-corrected chi connectivity index (χ3v) is 16.0. The fourth-order valence-corrected chi connectivity index (χ4v) is 14.6. The van der Waals surface area contributed by atoms with Gasteiger partial charge in [-0.2, -0.15) is 0 Å². The van der Waals surface area contributed by atoms with E-state index in [0.29, 0.717) is 0 Å². The number of carbonyl (C=O) groups is 1. The molecule has 0 aromatic heterocycles. The zero-order chi connectivity index (χ0) is 16.2. The molecule has 4 rings (SSSR count). The van der Waals surface area contributed by atoms with Crippen LogP contribution >= 0.6 is 11.9 Å². The molecule has 0 aliphatic heterocycles. The van der Waals surface area contributed by atoms with Crippen LogP contribution in [0.1, 0.15) is 29.9 Å². The molecule has 3 aliphatic carbocycles. The van der Waals surface area contributed by atoms with Crippen molar-refractivity contribution in [3.8, 4) is 0 Å². The van der Waals surface area contributed by atoms with Crippen LogP contribution in [0.2, 0.25) is 3.43 Å². The minimum atomic E-state index is -1.82. The summed E-state index contributed by atoms with van der Waals surface area (Å²) in [5.74, 6) is -8.24. The molecule has 0 N–H and O–H groups in total. The Morgan fingerprint density at radius 2 is 1.55 bits per heavy atom. The Bertz CT molecular complexity index is 694. The van der Waals surface area contributed by atoms with E-state index in [4.69, 9.17) is 4.74 Å².